The molecule has 0 unspecified atom stereocenters. The number of hydrogen-bond acceptors (Lipinski definition) is 1. The number of fused-ring (bicyclic) bond motifs is 11. The van der Waals surface area contributed by atoms with E-state index in [4.69, 9.17) is 4.98 Å². The molecule has 2 aromatic heterocycles. The second-order valence-corrected chi connectivity index (χ2v) is 18.9. The van der Waals surface area contributed by atoms with Crippen molar-refractivity contribution in [3.05, 3.63) is 176 Å². The molecule has 0 spiro atoms. The van der Waals surface area contributed by atoms with Crippen molar-refractivity contribution in [2.24, 2.45) is 0 Å². The Morgan fingerprint density at radius 3 is 1.86 bits per heavy atom. The molecule has 8 aromatic carbocycles. The van der Waals surface area contributed by atoms with Gasteiger partial charge in [-0.05, 0) is 29.0 Å². The van der Waals surface area contributed by atoms with Crippen LogP contribution in [0.2, 0.25) is 0 Å². The number of benzene rings is 8. The Bertz CT molecular complexity index is 2920. The van der Waals surface area contributed by atoms with E-state index in [0.29, 0.717) is 0 Å². The number of rotatable bonds is 4. The van der Waals surface area contributed by atoms with Crippen molar-refractivity contribution in [2.75, 3.05) is 0 Å². The first-order valence-electron chi connectivity index (χ1n) is 16.6. The maximum absolute atomic E-state index is 5.18. The predicted octanol–water partition coefficient (Wildman–Crippen LogP) is 10.1. The molecule has 0 radical (unpaired) electrons. The second-order valence-electron chi connectivity index (χ2n) is 12.7. The van der Waals surface area contributed by atoms with E-state index in [1.165, 1.54) is 70.3 Å². The van der Waals surface area contributed by atoms with Gasteiger partial charge in [0, 0.05) is 5.39 Å². The molecule has 0 atom stereocenters. The Kier molecular flexibility index (Phi) is 6.51. The molecule has 2 nitrogen and oxygen atoms in total. The van der Waals surface area contributed by atoms with Gasteiger partial charge in [-0.1, -0.05) is 42.5 Å². The molecule has 0 N–H and O–H groups in total. The summed E-state index contributed by atoms with van der Waals surface area (Å²) in [6.45, 7) is 0. The fourth-order valence-corrected chi connectivity index (χ4v) is 12.6. The first-order chi connectivity index (χ1) is 24.2. The predicted molar refractivity (Wildman–Crippen MR) is 213 cm³/mol. The monoisotopic (exact) mass is 708 g/mol. The van der Waals surface area contributed by atoms with E-state index in [1.807, 2.05) is 0 Å². The first kappa shape index (κ1) is 28.7. The van der Waals surface area contributed by atoms with Gasteiger partial charge in [0.1, 0.15) is 0 Å². The maximum atomic E-state index is 5.18. The zero-order valence-corrected chi connectivity index (χ0v) is 29.1. The summed E-state index contributed by atoms with van der Waals surface area (Å²) in [6, 6.07) is 64.3. The van der Waals surface area contributed by atoms with Crippen molar-refractivity contribution in [1.29, 1.82) is 0 Å². The molecule has 0 bridgehead atoms. The third-order valence-corrected chi connectivity index (χ3v) is 17.0. The third kappa shape index (κ3) is 4.41. The molecule has 10 aromatic rings. The van der Waals surface area contributed by atoms with Crippen LogP contribution in [0.15, 0.2) is 176 Å². The summed E-state index contributed by atoms with van der Waals surface area (Å²) in [5.41, 5.74) is 4.76. The summed E-state index contributed by atoms with van der Waals surface area (Å²) in [5, 5.41) is 12.7. The molecule has 0 saturated carbocycles. The Morgan fingerprint density at radius 2 is 1.04 bits per heavy atom. The number of aromatic nitrogens is 2. The van der Waals surface area contributed by atoms with Crippen molar-refractivity contribution >= 4 is 96.4 Å². The van der Waals surface area contributed by atoms with Crippen molar-refractivity contribution in [2.45, 2.75) is 0 Å². The molecule has 10 rings (SSSR count). The Morgan fingerprint density at radius 1 is 0.429 bits per heavy atom. The van der Waals surface area contributed by atoms with E-state index in [2.05, 4.69) is 195 Å². The summed E-state index contributed by atoms with van der Waals surface area (Å²) in [6.07, 6.45) is 0. The molecule has 49 heavy (non-hydrogen) atoms. The summed E-state index contributed by atoms with van der Waals surface area (Å²) in [5.74, 6) is 0. The van der Waals surface area contributed by atoms with Crippen LogP contribution in [-0.2, 0) is 0 Å². The van der Waals surface area contributed by atoms with Gasteiger partial charge >= 0.3 is 206 Å². The van der Waals surface area contributed by atoms with Crippen LogP contribution in [-0.4, -0.2) is 24.5 Å². The summed E-state index contributed by atoms with van der Waals surface area (Å²) in [7, 11) is 0. The fourth-order valence-electron chi connectivity index (χ4n) is 7.64. The standard InChI is InChI=1S/C45H29N2PSe/c49-48(35-12-3-1-4-13-35,36-14-5-2-6-15-36)37-24-21-32-27-31(19-20-33(32)28-37)34-23-25-39-43(29-34)47-42-18-10-9-17-41(42)46-45(47)40-26-22-30-11-7-8-16-38(30)44(39)40/h1-29H. The van der Waals surface area contributed by atoms with Crippen LogP contribution in [0.5, 0.6) is 0 Å². The van der Waals surface area contributed by atoms with Gasteiger partial charge in [0.05, 0.1) is 5.52 Å². The Labute approximate surface area is 291 Å². The van der Waals surface area contributed by atoms with Gasteiger partial charge in [0.15, 0.2) is 0 Å². The normalized spacial score (nSPS) is 12.2. The van der Waals surface area contributed by atoms with Crippen LogP contribution in [0.25, 0.3) is 71.0 Å². The van der Waals surface area contributed by atoms with E-state index >= 15 is 0 Å². The number of hydrogen-bond donors (Lipinski definition) is 0. The topological polar surface area (TPSA) is 17.3 Å². The average molecular weight is 708 g/mol. The minimum atomic E-state index is -1.94. The van der Waals surface area contributed by atoms with Gasteiger partial charge in [0.25, 0.3) is 0 Å². The van der Waals surface area contributed by atoms with Gasteiger partial charge in [0.2, 0.25) is 0 Å². The summed E-state index contributed by atoms with van der Waals surface area (Å²) < 4.78 is 2.35. The molecular formula is C45H29N2PSe. The van der Waals surface area contributed by atoms with E-state index in [0.717, 1.165) is 16.7 Å². The molecule has 0 aliphatic heterocycles. The molecule has 0 aliphatic rings. The Hall–Kier alpha value is -5.30. The van der Waals surface area contributed by atoms with E-state index in [1.54, 1.807) is 0 Å². The quantitative estimate of drug-likeness (QED) is 0.101. The minimum absolute atomic E-state index is 0.998. The first-order valence-corrected chi connectivity index (χ1v) is 20.6. The second kappa shape index (κ2) is 11.1. The summed E-state index contributed by atoms with van der Waals surface area (Å²) in [4.78, 5) is 5.18. The van der Waals surface area contributed by atoms with E-state index < -0.39 is 5.51 Å². The van der Waals surface area contributed by atoms with Crippen LogP contribution in [0.4, 0.5) is 0 Å². The SMILES string of the molecule is [Se]=P(c1ccccc1)(c1ccccc1)c1ccc2cc(-c3ccc4c5c6ccccc6ccc5c5nc6ccccc6n5c4c3)ccc2c1. The van der Waals surface area contributed by atoms with E-state index in [-0.39, 0.29) is 0 Å². The molecule has 230 valence electrons. The van der Waals surface area contributed by atoms with Crippen LogP contribution in [0, 0.1) is 0 Å². The van der Waals surface area contributed by atoms with Crippen molar-refractivity contribution in [3.63, 3.8) is 0 Å². The molecule has 0 aliphatic carbocycles. The van der Waals surface area contributed by atoms with E-state index in [9.17, 15) is 0 Å². The molecule has 2 heterocycles. The number of pyridine rings is 1. The van der Waals surface area contributed by atoms with Gasteiger partial charge in [-0.2, -0.15) is 0 Å². The molecular weight excluding hydrogens is 678 g/mol. The number of para-hydroxylation sites is 2. The third-order valence-electron chi connectivity index (χ3n) is 10.00. The van der Waals surface area contributed by atoms with Crippen LogP contribution in [0.1, 0.15) is 0 Å². The zero-order chi connectivity index (χ0) is 32.5. The van der Waals surface area contributed by atoms with Gasteiger partial charge in [-0.25, -0.2) is 4.98 Å². The average Bonchev–Trinajstić information content (AvgIpc) is 3.58. The van der Waals surface area contributed by atoms with Crippen molar-refractivity contribution < 1.29 is 0 Å². The van der Waals surface area contributed by atoms with Crippen LogP contribution in [0.3, 0.4) is 0 Å². The van der Waals surface area contributed by atoms with Gasteiger partial charge < -0.3 is 0 Å². The number of imidazole rings is 1. The molecule has 0 amide bonds. The van der Waals surface area contributed by atoms with Gasteiger partial charge in [-0.15, -0.1) is 0 Å². The molecule has 0 fully saturated rings. The fraction of sp³-hybridized carbons (Fsp3) is 0. The van der Waals surface area contributed by atoms with Crippen molar-refractivity contribution in [3.8, 4) is 11.1 Å². The summed E-state index contributed by atoms with van der Waals surface area (Å²) >= 11 is 3.71. The molecule has 0 saturated heterocycles. The van der Waals surface area contributed by atoms with Crippen LogP contribution < -0.4 is 15.9 Å². The van der Waals surface area contributed by atoms with Gasteiger partial charge in [-0.3, -0.25) is 0 Å². The number of nitrogens with zero attached hydrogens (tertiary/aromatic N) is 2. The molecule has 4 heteroatoms. The van der Waals surface area contributed by atoms with Crippen LogP contribution >= 0.6 is 5.51 Å². The van der Waals surface area contributed by atoms with Crippen molar-refractivity contribution in [1.82, 2.24) is 9.38 Å². The Balaban J connectivity index is 1.17. The zero-order valence-electron chi connectivity index (χ0n) is 26.5.